The molecule has 0 aliphatic rings. The maximum absolute atomic E-state index is 13.6. The number of carboxylic acid groups (broad SMARTS) is 1. The lowest BCUT2D eigenvalue weighted by Gasteiger charge is -2.24. The average Bonchev–Trinajstić information content (AvgIpc) is 3.13. The Morgan fingerprint density at radius 2 is 1.85 bits per heavy atom. The van der Waals surface area contributed by atoms with Gasteiger partial charge in [-0.3, -0.25) is 4.31 Å². The Balaban J connectivity index is 2.10. The van der Waals surface area contributed by atoms with E-state index in [0.29, 0.717) is 5.76 Å². The summed E-state index contributed by atoms with van der Waals surface area (Å²) >= 11 is 0. The number of nitrogens with zero attached hydrogens (tertiary/aromatic N) is 1. The van der Waals surface area contributed by atoms with Gasteiger partial charge in [0.1, 0.15) is 11.6 Å². The normalized spacial score (nSPS) is 11.3. The van der Waals surface area contributed by atoms with Crippen molar-refractivity contribution in [2.24, 2.45) is 0 Å². The van der Waals surface area contributed by atoms with Crippen LogP contribution in [0.25, 0.3) is 0 Å². The molecule has 0 amide bonds. The minimum absolute atomic E-state index is 0.0992. The molecule has 0 aliphatic heterocycles. The first kappa shape index (κ1) is 17.7. The van der Waals surface area contributed by atoms with Gasteiger partial charge in [-0.2, -0.15) is 0 Å². The first-order chi connectivity index (χ1) is 12.4. The second-order valence-electron chi connectivity index (χ2n) is 5.40. The molecule has 1 heterocycles. The summed E-state index contributed by atoms with van der Waals surface area (Å²) < 4.78 is 46.1. The average molecular weight is 375 g/mol. The van der Waals surface area contributed by atoms with Crippen molar-refractivity contribution in [2.75, 3.05) is 4.31 Å². The number of benzene rings is 2. The Morgan fingerprint density at radius 3 is 2.50 bits per heavy atom. The van der Waals surface area contributed by atoms with E-state index >= 15 is 0 Å². The number of aromatic carboxylic acids is 1. The van der Waals surface area contributed by atoms with Gasteiger partial charge in [0, 0.05) is 0 Å². The highest BCUT2D eigenvalue weighted by molar-refractivity contribution is 7.92. The Labute approximate surface area is 149 Å². The fraction of sp³-hybridized carbons (Fsp3) is 0.0556. The van der Waals surface area contributed by atoms with Gasteiger partial charge in [0.25, 0.3) is 10.0 Å². The van der Waals surface area contributed by atoms with E-state index in [1.54, 1.807) is 12.1 Å². The van der Waals surface area contributed by atoms with Crippen LogP contribution in [0.4, 0.5) is 10.1 Å². The second kappa shape index (κ2) is 7.01. The SMILES string of the molecule is O=C(O)c1cccc(S(=O)(=O)N(Cc2ccco2)c2cccc(F)c2)c1. The summed E-state index contributed by atoms with van der Waals surface area (Å²) in [7, 11) is -4.16. The molecule has 0 bridgehead atoms. The molecule has 2 aromatic carbocycles. The molecular weight excluding hydrogens is 361 g/mol. The van der Waals surface area contributed by atoms with E-state index in [1.807, 2.05) is 0 Å². The van der Waals surface area contributed by atoms with Crippen LogP contribution in [0.3, 0.4) is 0 Å². The van der Waals surface area contributed by atoms with Gasteiger partial charge in [0.2, 0.25) is 0 Å². The fourth-order valence-corrected chi connectivity index (χ4v) is 3.88. The van der Waals surface area contributed by atoms with E-state index in [4.69, 9.17) is 9.52 Å². The van der Waals surface area contributed by atoms with Crippen LogP contribution in [0.2, 0.25) is 0 Å². The lowest BCUT2D eigenvalue weighted by Crippen LogP contribution is -2.30. The van der Waals surface area contributed by atoms with Crippen LogP contribution in [-0.4, -0.2) is 19.5 Å². The zero-order valence-corrected chi connectivity index (χ0v) is 14.2. The number of hydrogen-bond acceptors (Lipinski definition) is 4. The van der Waals surface area contributed by atoms with E-state index in [0.717, 1.165) is 16.4 Å². The van der Waals surface area contributed by atoms with E-state index in [2.05, 4.69) is 0 Å². The van der Waals surface area contributed by atoms with Crippen molar-refractivity contribution in [3.05, 3.63) is 84.1 Å². The van der Waals surface area contributed by atoms with Crippen LogP contribution in [-0.2, 0) is 16.6 Å². The molecule has 3 aromatic rings. The third-order valence-electron chi connectivity index (χ3n) is 3.64. The summed E-state index contributed by atoms with van der Waals surface area (Å²) in [6.45, 7) is -0.171. The minimum Gasteiger partial charge on any atom is -0.478 e. The number of furan rings is 1. The van der Waals surface area contributed by atoms with E-state index in [-0.39, 0.29) is 22.7 Å². The van der Waals surface area contributed by atoms with Crippen LogP contribution in [0.1, 0.15) is 16.1 Å². The standard InChI is InChI=1S/C18H14FNO5S/c19-14-5-2-6-15(11-14)20(12-16-7-3-9-25-16)26(23,24)17-8-1-4-13(10-17)18(21)22/h1-11H,12H2,(H,21,22). The molecule has 8 heteroatoms. The van der Waals surface area contributed by atoms with Crippen LogP contribution in [0, 0.1) is 5.82 Å². The lowest BCUT2D eigenvalue weighted by molar-refractivity contribution is 0.0696. The van der Waals surface area contributed by atoms with Crippen molar-refractivity contribution in [2.45, 2.75) is 11.4 Å². The van der Waals surface area contributed by atoms with E-state index < -0.39 is 21.8 Å². The van der Waals surface area contributed by atoms with Gasteiger partial charge in [0.15, 0.2) is 0 Å². The Morgan fingerprint density at radius 1 is 1.08 bits per heavy atom. The van der Waals surface area contributed by atoms with Crippen molar-refractivity contribution < 1.29 is 27.1 Å². The van der Waals surface area contributed by atoms with Gasteiger partial charge < -0.3 is 9.52 Å². The molecule has 0 saturated carbocycles. The van der Waals surface area contributed by atoms with Gasteiger partial charge in [-0.05, 0) is 48.5 Å². The van der Waals surface area contributed by atoms with Gasteiger partial charge in [-0.1, -0.05) is 12.1 Å². The molecule has 3 rings (SSSR count). The summed E-state index contributed by atoms with van der Waals surface area (Å²) in [6, 6.07) is 13.3. The first-order valence-corrected chi connectivity index (χ1v) is 8.96. The van der Waals surface area contributed by atoms with Crippen LogP contribution >= 0.6 is 0 Å². The number of sulfonamides is 1. The molecule has 0 atom stereocenters. The molecule has 1 aromatic heterocycles. The largest absolute Gasteiger partial charge is 0.478 e. The maximum Gasteiger partial charge on any atom is 0.335 e. The molecular formula is C18H14FNO5S. The monoisotopic (exact) mass is 375 g/mol. The van der Waals surface area contributed by atoms with Crippen molar-refractivity contribution >= 4 is 21.7 Å². The fourth-order valence-electron chi connectivity index (χ4n) is 2.41. The Hall–Kier alpha value is -3.13. The highest BCUT2D eigenvalue weighted by Crippen LogP contribution is 2.27. The van der Waals surface area contributed by atoms with Crippen molar-refractivity contribution in [3.8, 4) is 0 Å². The number of hydrogen-bond donors (Lipinski definition) is 1. The zero-order chi connectivity index (χ0) is 18.7. The number of anilines is 1. The number of carboxylic acids is 1. The zero-order valence-electron chi connectivity index (χ0n) is 13.4. The van der Waals surface area contributed by atoms with E-state index in [9.17, 15) is 17.6 Å². The molecule has 0 aliphatic carbocycles. The summed E-state index contributed by atoms with van der Waals surface area (Å²) in [6.07, 6.45) is 1.40. The highest BCUT2D eigenvalue weighted by atomic mass is 32.2. The summed E-state index contributed by atoms with van der Waals surface area (Å²) in [5.41, 5.74) is -0.0645. The van der Waals surface area contributed by atoms with Gasteiger partial charge in [-0.15, -0.1) is 0 Å². The third kappa shape index (κ3) is 3.60. The molecule has 26 heavy (non-hydrogen) atoms. The molecule has 0 radical (unpaired) electrons. The van der Waals surface area contributed by atoms with Gasteiger partial charge in [-0.25, -0.2) is 17.6 Å². The third-order valence-corrected chi connectivity index (χ3v) is 5.41. The van der Waals surface area contributed by atoms with Crippen LogP contribution < -0.4 is 4.31 Å². The number of carbonyl (C=O) groups is 1. The summed E-state index contributed by atoms with van der Waals surface area (Å²) in [4.78, 5) is 10.9. The molecule has 134 valence electrons. The molecule has 6 nitrogen and oxygen atoms in total. The molecule has 0 fully saturated rings. The van der Waals surface area contributed by atoms with Crippen LogP contribution in [0.15, 0.2) is 76.2 Å². The van der Waals surface area contributed by atoms with Crippen molar-refractivity contribution in [1.29, 1.82) is 0 Å². The van der Waals surface area contributed by atoms with Gasteiger partial charge in [0.05, 0.1) is 29.0 Å². The summed E-state index contributed by atoms with van der Waals surface area (Å²) in [5.74, 6) is -1.49. The van der Waals surface area contributed by atoms with Crippen molar-refractivity contribution in [1.82, 2.24) is 0 Å². The second-order valence-corrected chi connectivity index (χ2v) is 7.27. The highest BCUT2D eigenvalue weighted by Gasteiger charge is 2.27. The lowest BCUT2D eigenvalue weighted by atomic mass is 10.2. The minimum atomic E-state index is -4.16. The molecule has 0 spiro atoms. The Bertz CT molecular complexity index is 1030. The predicted molar refractivity (Wildman–Crippen MR) is 91.9 cm³/mol. The quantitative estimate of drug-likeness (QED) is 0.712. The predicted octanol–water partition coefficient (Wildman–Crippen LogP) is 3.51. The smallest absolute Gasteiger partial charge is 0.335 e. The topological polar surface area (TPSA) is 87.8 Å². The van der Waals surface area contributed by atoms with E-state index in [1.165, 1.54) is 42.7 Å². The molecule has 1 N–H and O–H groups in total. The number of halogens is 1. The molecule has 0 saturated heterocycles. The molecule has 0 unspecified atom stereocenters. The maximum atomic E-state index is 13.6. The van der Waals surface area contributed by atoms with Gasteiger partial charge >= 0.3 is 5.97 Å². The van der Waals surface area contributed by atoms with Crippen LogP contribution in [0.5, 0.6) is 0 Å². The van der Waals surface area contributed by atoms with Crippen molar-refractivity contribution in [3.63, 3.8) is 0 Å². The Kier molecular flexibility index (Phi) is 4.77. The summed E-state index contributed by atoms with van der Waals surface area (Å²) in [5, 5.41) is 9.10. The number of rotatable bonds is 6. The first-order valence-electron chi connectivity index (χ1n) is 7.52.